The Bertz CT molecular complexity index is 605. The fourth-order valence-electron chi connectivity index (χ4n) is 3.03. The average molecular weight is 267 g/mol. The van der Waals surface area contributed by atoms with Crippen LogP contribution in [0.25, 0.3) is 11.1 Å². The highest BCUT2D eigenvalue weighted by atomic mass is 14.9. The maximum absolute atomic E-state index is 6.22. The number of nitrogens with two attached hydrogens (primary N) is 1. The molecule has 0 spiro atoms. The molecule has 1 aliphatic carbocycles. The van der Waals surface area contributed by atoms with Gasteiger partial charge in [0.25, 0.3) is 0 Å². The van der Waals surface area contributed by atoms with Gasteiger partial charge in [-0.25, -0.2) is 4.98 Å². The standard InChI is InChI=1S/C17H21N3/c1-2-19-11-14-16(12-7-4-3-5-8-12)13-9-6-10-15(13)20-17(14)18/h3-5,7-8,19H,2,6,9-11H2,1H3,(H2,18,20). The van der Waals surface area contributed by atoms with Crippen molar-refractivity contribution in [3.8, 4) is 11.1 Å². The van der Waals surface area contributed by atoms with Gasteiger partial charge in [0.15, 0.2) is 0 Å². The Morgan fingerprint density at radius 1 is 1.20 bits per heavy atom. The van der Waals surface area contributed by atoms with Gasteiger partial charge in [-0.1, -0.05) is 37.3 Å². The summed E-state index contributed by atoms with van der Waals surface area (Å²) in [5.74, 6) is 0.686. The fraction of sp³-hybridized carbons (Fsp3) is 0.353. The maximum Gasteiger partial charge on any atom is 0.128 e. The van der Waals surface area contributed by atoms with Crippen LogP contribution in [0, 0.1) is 0 Å². The van der Waals surface area contributed by atoms with Crippen LogP contribution in [0.1, 0.15) is 30.2 Å². The second-order valence-corrected chi connectivity index (χ2v) is 5.28. The highest BCUT2D eigenvalue weighted by Gasteiger charge is 2.22. The Labute approximate surface area is 120 Å². The van der Waals surface area contributed by atoms with Gasteiger partial charge in [-0.15, -0.1) is 0 Å². The summed E-state index contributed by atoms with van der Waals surface area (Å²) in [5, 5.41) is 3.39. The second kappa shape index (κ2) is 5.63. The number of pyridine rings is 1. The number of nitrogen functional groups attached to an aromatic ring is 1. The molecule has 3 nitrogen and oxygen atoms in total. The van der Waals surface area contributed by atoms with E-state index in [-0.39, 0.29) is 0 Å². The van der Waals surface area contributed by atoms with Crippen LogP contribution in [-0.4, -0.2) is 11.5 Å². The van der Waals surface area contributed by atoms with Gasteiger partial charge in [-0.05, 0) is 42.5 Å². The molecule has 1 aromatic carbocycles. The van der Waals surface area contributed by atoms with E-state index in [0.29, 0.717) is 5.82 Å². The number of hydrogen-bond donors (Lipinski definition) is 2. The molecule has 0 atom stereocenters. The summed E-state index contributed by atoms with van der Waals surface area (Å²) in [5.41, 5.74) is 12.5. The molecule has 1 aromatic heterocycles. The first-order chi connectivity index (χ1) is 9.81. The van der Waals surface area contributed by atoms with Crippen molar-refractivity contribution in [2.75, 3.05) is 12.3 Å². The summed E-state index contributed by atoms with van der Waals surface area (Å²) in [4.78, 5) is 4.63. The molecular weight excluding hydrogens is 246 g/mol. The number of benzene rings is 1. The number of hydrogen-bond acceptors (Lipinski definition) is 3. The molecule has 0 unspecified atom stereocenters. The predicted octanol–water partition coefficient (Wildman–Crippen LogP) is 2.93. The minimum Gasteiger partial charge on any atom is -0.383 e. The highest BCUT2D eigenvalue weighted by molar-refractivity contribution is 5.76. The third kappa shape index (κ3) is 2.29. The Hall–Kier alpha value is -1.87. The predicted molar refractivity (Wildman–Crippen MR) is 83.5 cm³/mol. The molecule has 3 rings (SSSR count). The van der Waals surface area contributed by atoms with Crippen LogP contribution in [0.4, 0.5) is 5.82 Å². The van der Waals surface area contributed by atoms with E-state index >= 15 is 0 Å². The van der Waals surface area contributed by atoms with Crippen LogP contribution in [-0.2, 0) is 19.4 Å². The monoisotopic (exact) mass is 267 g/mol. The Kier molecular flexibility index (Phi) is 3.70. The van der Waals surface area contributed by atoms with Gasteiger partial charge in [-0.3, -0.25) is 0 Å². The van der Waals surface area contributed by atoms with Crippen LogP contribution in [0.3, 0.4) is 0 Å². The third-order valence-corrected chi connectivity index (χ3v) is 3.97. The molecule has 20 heavy (non-hydrogen) atoms. The summed E-state index contributed by atoms with van der Waals surface area (Å²) >= 11 is 0. The molecule has 0 saturated heterocycles. The zero-order valence-electron chi connectivity index (χ0n) is 11.9. The van der Waals surface area contributed by atoms with Gasteiger partial charge in [0.05, 0.1) is 0 Å². The van der Waals surface area contributed by atoms with Crippen molar-refractivity contribution in [3.63, 3.8) is 0 Å². The van der Waals surface area contributed by atoms with E-state index in [1.54, 1.807) is 0 Å². The summed E-state index contributed by atoms with van der Waals surface area (Å²) in [6.07, 6.45) is 3.36. The number of nitrogens with one attached hydrogen (secondary N) is 1. The van der Waals surface area contributed by atoms with Crippen LogP contribution in [0.5, 0.6) is 0 Å². The van der Waals surface area contributed by atoms with E-state index in [1.807, 2.05) is 0 Å². The van der Waals surface area contributed by atoms with Gasteiger partial charge in [-0.2, -0.15) is 0 Å². The molecule has 1 heterocycles. The van der Waals surface area contributed by atoms with Gasteiger partial charge >= 0.3 is 0 Å². The second-order valence-electron chi connectivity index (χ2n) is 5.28. The Morgan fingerprint density at radius 2 is 2.00 bits per heavy atom. The first-order valence-corrected chi connectivity index (χ1v) is 7.37. The van der Waals surface area contributed by atoms with Crippen LogP contribution >= 0.6 is 0 Å². The van der Waals surface area contributed by atoms with Gasteiger partial charge < -0.3 is 11.1 Å². The normalized spacial score (nSPS) is 13.4. The molecule has 0 radical (unpaired) electrons. The van der Waals surface area contributed by atoms with Crippen molar-refractivity contribution in [1.82, 2.24) is 10.3 Å². The zero-order valence-corrected chi connectivity index (χ0v) is 11.9. The van der Waals surface area contributed by atoms with Crippen molar-refractivity contribution < 1.29 is 0 Å². The number of nitrogens with zero attached hydrogens (tertiary/aromatic N) is 1. The van der Waals surface area contributed by atoms with E-state index in [2.05, 4.69) is 47.6 Å². The van der Waals surface area contributed by atoms with Gasteiger partial charge in [0.2, 0.25) is 0 Å². The highest BCUT2D eigenvalue weighted by Crippen LogP contribution is 2.36. The minimum absolute atomic E-state index is 0.686. The average Bonchev–Trinajstić information content (AvgIpc) is 2.93. The van der Waals surface area contributed by atoms with E-state index in [0.717, 1.165) is 31.5 Å². The Balaban J connectivity index is 2.18. The molecule has 0 amide bonds. The van der Waals surface area contributed by atoms with Crippen molar-refractivity contribution >= 4 is 5.82 Å². The summed E-state index contributed by atoms with van der Waals surface area (Å²) in [6, 6.07) is 10.6. The van der Waals surface area contributed by atoms with Crippen molar-refractivity contribution in [2.24, 2.45) is 0 Å². The van der Waals surface area contributed by atoms with Crippen molar-refractivity contribution in [1.29, 1.82) is 0 Å². The largest absolute Gasteiger partial charge is 0.383 e. The SMILES string of the molecule is CCNCc1c(N)nc2c(c1-c1ccccc1)CCC2. The maximum atomic E-state index is 6.22. The molecule has 2 aromatic rings. The number of fused-ring (bicyclic) bond motifs is 1. The summed E-state index contributed by atoms with van der Waals surface area (Å²) in [7, 11) is 0. The molecule has 0 saturated carbocycles. The zero-order chi connectivity index (χ0) is 13.9. The number of rotatable bonds is 4. The Morgan fingerprint density at radius 3 is 2.75 bits per heavy atom. The number of anilines is 1. The van der Waals surface area contributed by atoms with Crippen LogP contribution in [0.2, 0.25) is 0 Å². The molecule has 0 fully saturated rings. The third-order valence-electron chi connectivity index (χ3n) is 3.97. The molecular formula is C17H21N3. The van der Waals surface area contributed by atoms with E-state index in [9.17, 15) is 0 Å². The number of aryl methyl sites for hydroxylation is 1. The fourth-order valence-corrected chi connectivity index (χ4v) is 3.03. The van der Waals surface area contributed by atoms with Crippen molar-refractivity contribution in [3.05, 3.63) is 47.2 Å². The lowest BCUT2D eigenvalue weighted by Gasteiger charge is -2.17. The molecule has 104 valence electrons. The van der Waals surface area contributed by atoms with Gasteiger partial charge in [0, 0.05) is 17.8 Å². The first kappa shape index (κ1) is 13.1. The minimum atomic E-state index is 0.686. The van der Waals surface area contributed by atoms with Crippen molar-refractivity contribution in [2.45, 2.75) is 32.7 Å². The smallest absolute Gasteiger partial charge is 0.128 e. The molecule has 3 heteroatoms. The number of aromatic nitrogens is 1. The van der Waals surface area contributed by atoms with E-state index < -0.39 is 0 Å². The van der Waals surface area contributed by atoms with Crippen LogP contribution < -0.4 is 11.1 Å². The lowest BCUT2D eigenvalue weighted by Crippen LogP contribution is -2.16. The molecule has 0 aliphatic heterocycles. The first-order valence-electron chi connectivity index (χ1n) is 7.37. The summed E-state index contributed by atoms with van der Waals surface area (Å²) < 4.78 is 0. The van der Waals surface area contributed by atoms with E-state index in [4.69, 9.17) is 5.73 Å². The molecule has 3 N–H and O–H groups in total. The van der Waals surface area contributed by atoms with E-state index in [1.165, 1.54) is 28.8 Å². The lowest BCUT2D eigenvalue weighted by molar-refractivity contribution is 0.726. The lowest BCUT2D eigenvalue weighted by atomic mass is 9.94. The molecule has 1 aliphatic rings. The molecule has 0 bridgehead atoms. The quantitative estimate of drug-likeness (QED) is 0.895. The summed E-state index contributed by atoms with van der Waals surface area (Å²) in [6.45, 7) is 3.83. The van der Waals surface area contributed by atoms with Gasteiger partial charge in [0.1, 0.15) is 5.82 Å². The van der Waals surface area contributed by atoms with Crippen LogP contribution in [0.15, 0.2) is 30.3 Å². The topological polar surface area (TPSA) is 50.9 Å².